The fraction of sp³-hybridized carbons (Fsp3) is 0.565. The first-order valence-electron chi connectivity index (χ1n) is 11.5. The number of aryl methyl sites for hydroxylation is 2. The quantitative estimate of drug-likeness (QED) is 0.657. The van der Waals surface area contributed by atoms with Gasteiger partial charge in [0, 0.05) is 39.1 Å². The third kappa shape index (κ3) is 5.26. The molecule has 1 aromatic carbocycles. The number of piperidine rings is 1. The van der Waals surface area contributed by atoms with Crippen molar-refractivity contribution >= 4 is 11.8 Å². The van der Waals surface area contributed by atoms with Gasteiger partial charge in [-0.05, 0) is 49.8 Å². The van der Waals surface area contributed by atoms with Crippen molar-refractivity contribution in [2.24, 2.45) is 5.92 Å². The van der Waals surface area contributed by atoms with Crippen LogP contribution in [-0.4, -0.2) is 50.7 Å². The molecule has 1 atom stereocenters. The van der Waals surface area contributed by atoms with Crippen molar-refractivity contribution in [3.63, 3.8) is 0 Å². The molecule has 1 fully saturated rings. The van der Waals surface area contributed by atoms with E-state index in [1.54, 1.807) is 21.6 Å². The van der Waals surface area contributed by atoms with E-state index in [0.717, 1.165) is 50.0 Å². The van der Waals surface area contributed by atoms with Gasteiger partial charge >= 0.3 is 5.69 Å². The molecule has 2 aliphatic rings. The molecule has 1 saturated heterocycles. The zero-order valence-electron chi connectivity index (χ0n) is 18.3. The number of fused-ring (bicyclic) bond motifs is 1. The first kappa shape index (κ1) is 22.2. The summed E-state index contributed by atoms with van der Waals surface area (Å²) in [4.78, 5) is 39.3. The van der Waals surface area contributed by atoms with Crippen molar-refractivity contribution in [3.05, 3.63) is 52.0 Å². The molecule has 0 spiro atoms. The summed E-state index contributed by atoms with van der Waals surface area (Å²) in [5, 5.41) is 7.37. The molecule has 2 amide bonds. The van der Waals surface area contributed by atoms with E-state index < -0.39 is 0 Å². The number of benzene rings is 1. The smallest absolute Gasteiger partial charge is 0.345 e. The second kappa shape index (κ2) is 10.1. The molecule has 8 nitrogen and oxygen atoms in total. The van der Waals surface area contributed by atoms with Crippen molar-refractivity contribution in [1.82, 2.24) is 24.6 Å². The van der Waals surface area contributed by atoms with Crippen molar-refractivity contribution in [2.45, 2.75) is 58.0 Å². The Morgan fingerprint density at radius 1 is 1.12 bits per heavy atom. The number of likely N-dealkylation sites (tertiary alicyclic amines) is 1. The monoisotopic (exact) mass is 443 g/mol. The second-order valence-electron chi connectivity index (χ2n) is 8.66. The highest BCUT2D eigenvalue weighted by molar-refractivity contribution is 5.82. The van der Waals surface area contributed by atoms with Gasteiger partial charge in [-0.3, -0.25) is 14.2 Å². The fourth-order valence-electron chi connectivity index (χ4n) is 4.49. The first-order chi connectivity index (χ1) is 15.5. The Morgan fingerprint density at radius 2 is 1.94 bits per heavy atom. The highest BCUT2D eigenvalue weighted by atomic mass is 19.1. The molecule has 0 aliphatic carbocycles. The van der Waals surface area contributed by atoms with Crippen LogP contribution >= 0.6 is 0 Å². The molecule has 32 heavy (non-hydrogen) atoms. The molecule has 1 aromatic heterocycles. The van der Waals surface area contributed by atoms with Crippen LogP contribution in [0.2, 0.25) is 0 Å². The molecule has 9 heteroatoms. The third-order valence-electron chi connectivity index (χ3n) is 6.29. The van der Waals surface area contributed by atoms with E-state index in [4.69, 9.17) is 0 Å². The molecular formula is C23H30FN5O3. The lowest BCUT2D eigenvalue weighted by Crippen LogP contribution is -2.46. The van der Waals surface area contributed by atoms with Crippen LogP contribution in [0.1, 0.15) is 43.5 Å². The van der Waals surface area contributed by atoms with E-state index in [1.807, 2.05) is 0 Å². The summed E-state index contributed by atoms with van der Waals surface area (Å²) in [6, 6.07) is 5.93. The van der Waals surface area contributed by atoms with Crippen molar-refractivity contribution in [1.29, 1.82) is 0 Å². The number of rotatable bonds is 7. The lowest BCUT2D eigenvalue weighted by Gasteiger charge is -2.32. The number of hydrogen-bond acceptors (Lipinski definition) is 4. The molecule has 1 unspecified atom stereocenters. The highest BCUT2D eigenvalue weighted by Crippen LogP contribution is 2.18. The molecule has 4 rings (SSSR count). The lowest BCUT2D eigenvalue weighted by atomic mass is 9.96. The van der Waals surface area contributed by atoms with Gasteiger partial charge in [0.25, 0.3) is 0 Å². The normalized spacial score (nSPS) is 18.3. The molecule has 2 aromatic rings. The molecule has 2 aliphatic heterocycles. The number of nitrogens with one attached hydrogen (secondary N) is 1. The molecule has 1 N–H and O–H groups in total. The maximum absolute atomic E-state index is 13.1. The fourth-order valence-corrected chi connectivity index (χ4v) is 4.49. The topological polar surface area (TPSA) is 89.2 Å². The summed E-state index contributed by atoms with van der Waals surface area (Å²) in [7, 11) is 0. The highest BCUT2D eigenvalue weighted by Gasteiger charge is 2.28. The number of amides is 2. The summed E-state index contributed by atoms with van der Waals surface area (Å²) in [5.74, 6) is 0.202. The minimum atomic E-state index is -0.326. The number of nitrogens with zero attached hydrogens (tertiary/aromatic N) is 4. The second-order valence-corrected chi connectivity index (χ2v) is 8.66. The van der Waals surface area contributed by atoms with Gasteiger partial charge in [0.15, 0.2) is 0 Å². The Labute approximate surface area is 186 Å². The number of halogens is 1. The van der Waals surface area contributed by atoms with E-state index >= 15 is 0 Å². The molecule has 0 saturated carbocycles. The number of carbonyl (C=O) groups excluding carboxylic acids is 2. The maximum Gasteiger partial charge on any atom is 0.345 e. The number of carbonyl (C=O) groups is 2. The van der Waals surface area contributed by atoms with Gasteiger partial charge in [-0.1, -0.05) is 12.1 Å². The first-order valence-corrected chi connectivity index (χ1v) is 11.5. The third-order valence-corrected chi connectivity index (χ3v) is 6.29. The summed E-state index contributed by atoms with van der Waals surface area (Å²) >= 11 is 0. The van der Waals surface area contributed by atoms with E-state index in [2.05, 4.69) is 10.4 Å². The summed E-state index contributed by atoms with van der Waals surface area (Å²) in [5.41, 5.74) is 0.702. The van der Waals surface area contributed by atoms with Crippen LogP contribution in [0, 0.1) is 11.7 Å². The van der Waals surface area contributed by atoms with Crippen LogP contribution in [-0.2, 0) is 35.5 Å². The van der Waals surface area contributed by atoms with E-state index in [-0.39, 0.29) is 35.7 Å². The van der Waals surface area contributed by atoms with Gasteiger partial charge in [0.05, 0.1) is 12.3 Å². The zero-order chi connectivity index (χ0) is 22.5. The van der Waals surface area contributed by atoms with Gasteiger partial charge < -0.3 is 10.2 Å². The van der Waals surface area contributed by atoms with E-state index in [0.29, 0.717) is 32.6 Å². The predicted molar refractivity (Wildman–Crippen MR) is 116 cm³/mol. The van der Waals surface area contributed by atoms with Crippen LogP contribution in [0.25, 0.3) is 0 Å². The summed E-state index contributed by atoms with van der Waals surface area (Å²) in [6.07, 6.45) is 5.29. The Balaban J connectivity index is 1.22. The molecule has 0 radical (unpaired) electrons. The molecular weight excluding hydrogens is 413 g/mol. The SMILES string of the molecule is O=C(NCCCn1nc2n(c1=O)CCCC2)C1CCCN(C(=O)Cc2ccc(F)cc2)C1. The Hall–Kier alpha value is -2.97. The van der Waals surface area contributed by atoms with Crippen LogP contribution in [0.4, 0.5) is 4.39 Å². The molecule has 172 valence electrons. The number of hydrogen-bond donors (Lipinski definition) is 1. The van der Waals surface area contributed by atoms with Crippen molar-refractivity contribution < 1.29 is 14.0 Å². The Morgan fingerprint density at radius 3 is 2.72 bits per heavy atom. The summed E-state index contributed by atoms with van der Waals surface area (Å²) < 4.78 is 16.3. The van der Waals surface area contributed by atoms with Crippen LogP contribution in [0.5, 0.6) is 0 Å². The molecule has 3 heterocycles. The minimum absolute atomic E-state index is 0.0442. The zero-order valence-corrected chi connectivity index (χ0v) is 18.3. The van der Waals surface area contributed by atoms with Crippen molar-refractivity contribution in [2.75, 3.05) is 19.6 Å². The van der Waals surface area contributed by atoms with E-state index in [1.165, 1.54) is 16.8 Å². The standard InChI is InChI=1S/C23H30FN5O3/c24-19-9-7-17(8-10-19)15-21(30)27-12-3-5-18(16-27)22(31)25-11-4-14-29-23(32)28-13-2-1-6-20(28)26-29/h7-10,18H,1-6,11-16H2,(H,25,31). The molecule has 0 bridgehead atoms. The van der Waals surface area contributed by atoms with Crippen LogP contribution < -0.4 is 11.0 Å². The van der Waals surface area contributed by atoms with Crippen LogP contribution in [0.3, 0.4) is 0 Å². The predicted octanol–water partition coefficient (Wildman–Crippen LogP) is 1.51. The van der Waals surface area contributed by atoms with Gasteiger partial charge in [-0.2, -0.15) is 5.10 Å². The van der Waals surface area contributed by atoms with Gasteiger partial charge in [-0.25, -0.2) is 13.9 Å². The van der Waals surface area contributed by atoms with E-state index in [9.17, 15) is 18.8 Å². The Kier molecular flexibility index (Phi) is 7.02. The Bertz CT molecular complexity index is 1010. The van der Waals surface area contributed by atoms with Gasteiger partial charge in [-0.15, -0.1) is 0 Å². The largest absolute Gasteiger partial charge is 0.356 e. The lowest BCUT2D eigenvalue weighted by molar-refractivity contribution is -0.135. The van der Waals surface area contributed by atoms with Gasteiger partial charge in [0.1, 0.15) is 11.6 Å². The number of aromatic nitrogens is 3. The van der Waals surface area contributed by atoms with Crippen molar-refractivity contribution in [3.8, 4) is 0 Å². The van der Waals surface area contributed by atoms with Gasteiger partial charge in [0.2, 0.25) is 11.8 Å². The average molecular weight is 444 g/mol. The minimum Gasteiger partial charge on any atom is -0.356 e. The van der Waals surface area contributed by atoms with Crippen LogP contribution in [0.15, 0.2) is 29.1 Å². The maximum atomic E-state index is 13.1. The average Bonchev–Trinajstić information content (AvgIpc) is 3.13. The summed E-state index contributed by atoms with van der Waals surface area (Å²) in [6.45, 7) is 2.72.